The molecule has 0 radical (unpaired) electrons. The van der Waals surface area contributed by atoms with Crippen molar-refractivity contribution in [2.45, 2.75) is 63.9 Å². The van der Waals surface area contributed by atoms with Gasteiger partial charge < -0.3 is 18.8 Å². The normalized spacial score (nSPS) is 20.6. The average molecular weight is 350 g/mol. The van der Waals surface area contributed by atoms with Crippen molar-refractivity contribution >= 4 is 11.8 Å². The minimum absolute atomic E-state index is 0.0753. The van der Waals surface area contributed by atoms with E-state index in [0.29, 0.717) is 13.2 Å². The second-order valence-electron chi connectivity index (χ2n) is 7.60. The molecule has 0 aromatic carbocycles. The van der Waals surface area contributed by atoms with Crippen molar-refractivity contribution in [3.8, 4) is 0 Å². The van der Waals surface area contributed by atoms with Gasteiger partial charge in [0.05, 0.1) is 13.2 Å². The van der Waals surface area contributed by atoms with Gasteiger partial charge in [-0.2, -0.15) is 0 Å². The molecule has 1 N–H and O–H groups in total. The van der Waals surface area contributed by atoms with E-state index < -0.39 is 17.5 Å². The third kappa shape index (κ3) is 4.22. The lowest BCUT2D eigenvalue weighted by molar-refractivity contribution is -0.181. The molecule has 3 rings (SSSR count). The highest BCUT2D eigenvalue weighted by atomic mass is 16.7. The standard InChI is InChI=1S/C18H26N2O5/c1-17(2,3)25-16(22)19-14-5-4-10-20(15(14)21)13-6-8-18(9-7-13)23-11-12-24-18/h4-5,10,13H,6-9,11-12H2,1-3H3,(H,19,22). The Morgan fingerprint density at radius 3 is 2.52 bits per heavy atom. The van der Waals surface area contributed by atoms with Crippen molar-refractivity contribution in [1.29, 1.82) is 0 Å². The number of carbonyl (C=O) groups excluding carboxylic acids is 1. The lowest BCUT2D eigenvalue weighted by atomic mass is 9.90. The maximum Gasteiger partial charge on any atom is 0.412 e. The Kier molecular flexibility index (Phi) is 4.88. The van der Waals surface area contributed by atoms with E-state index >= 15 is 0 Å². The SMILES string of the molecule is CC(C)(C)OC(=O)Nc1cccn(C2CCC3(CC2)OCCO3)c1=O. The van der Waals surface area contributed by atoms with Crippen molar-refractivity contribution in [2.75, 3.05) is 18.5 Å². The maximum atomic E-state index is 12.7. The highest BCUT2D eigenvalue weighted by molar-refractivity contribution is 5.84. The fourth-order valence-electron chi connectivity index (χ4n) is 3.41. The first-order chi connectivity index (χ1) is 11.8. The Balaban J connectivity index is 1.69. The molecule has 1 aliphatic carbocycles. The Labute approximate surface area is 147 Å². The summed E-state index contributed by atoms with van der Waals surface area (Å²) in [5.41, 5.74) is -0.607. The topological polar surface area (TPSA) is 78.8 Å². The first-order valence-electron chi connectivity index (χ1n) is 8.77. The smallest absolute Gasteiger partial charge is 0.412 e. The number of pyridine rings is 1. The third-order valence-electron chi connectivity index (χ3n) is 4.53. The minimum Gasteiger partial charge on any atom is -0.444 e. The number of rotatable bonds is 2. The molecule has 1 spiro atoms. The number of amides is 1. The Morgan fingerprint density at radius 1 is 1.28 bits per heavy atom. The lowest BCUT2D eigenvalue weighted by Gasteiger charge is -2.36. The second-order valence-corrected chi connectivity index (χ2v) is 7.60. The summed E-state index contributed by atoms with van der Waals surface area (Å²) in [6, 6.07) is 3.43. The van der Waals surface area contributed by atoms with Crippen LogP contribution in [0.25, 0.3) is 0 Å². The highest BCUT2D eigenvalue weighted by Gasteiger charge is 2.40. The molecule has 1 saturated heterocycles. The molecule has 1 saturated carbocycles. The zero-order chi connectivity index (χ0) is 18.1. The van der Waals surface area contributed by atoms with Crippen molar-refractivity contribution in [1.82, 2.24) is 4.57 Å². The van der Waals surface area contributed by atoms with Crippen LogP contribution < -0.4 is 10.9 Å². The predicted molar refractivity (Wildman–Crippen MR) is 92.7 cm³/mol. The van der Waals surface area contributed by atoms with Gasteiger partial charge in [0, 0.05) is 25.1 Å². The van der Waals surface area contributed by atoms with Crippen LogP contribution in [0.5, 0.6) is 0 Å². The van der Waals surface area contributed by atoms with Crippen LogP contribution in [0.3, 0.4) is 0 Å². The van der Waals surface area contributed by atoms with E-state index in [1.807, 2.05) is 0 Å². The zero-order valence-electron chi connectivity index (χ0n) is 15.0. The van der Waals surface area contributed by atoms with Crippen LogP contribution in [-0.2, 0) is 14.2 Å². The number of nitrogens with zero attached hydrogens (tertiary/aromatic N) is 1. The summed E-state index contributed by atoms with van der Waals surface area (Å²) < 4.78 is 18.4. The molecule has 138 valence electrons. The van der Waals surface area contributed by atoms with Gasteiger partial charge in [0.1, 0.15) is 11.3 Å². The molecular formula is C18H26N2O5. The summed E-state index contributed by atoms with van der Waals surface area (Å²) in [7, 11) is 0. The van der Waals surface area contributed by atoms with Crippen molar-refractivity contribution < 1.29 is 19.0 Å². The van der Waals surface area contributed by atoms with Crippen LogP contribution in [0, 0.1) is 0 Å². The Bertz CT molecular complexity index is 675. The highest BCUT2D eigenvalue weighted by Crippen LogP contribution is 2.39. The second kappa shape index (κ2) is 6.80. The first kappa shape index (κ1) is 17.9. The van der Waals surface area contributed by atoms with E-state index in [1.54, 1.807) is 43.7 Å². The fourth-order valence-corrected chi connectivity index (χ4v) is 3.41. The van der Waals surface area contributed by atoms with Gasteiger partial charge in [-0.3, -0.25) is 10.1 Å². The molecule has 1 aromatic rings. The summed E-state index contributed by atoms with van der Waals surface area (Å²) in [5, 5.41) is 2.55. The fraction of sp³-hybridized carbons (Fsp3) is 0.667. The summed E-state index contributed by atoms with van der Waals surface area (Å²) in [4.78, 5) is 24.6. The maximum absolute atomic E-state index is 12.7. The molecule has 0 unspecified atom stereocenters. The number of carbonyl (C=O) groups is 1. The van der Waals surface area contributed by atoms with E-state index in [1.165, 1.54) is 0 Å². The van der Waals surface area contributed by atoms with Gasteiger partial charge in [-0.05, 0) is 45.7 Å². The number of nitrogens with one attached hydrogen (secondary N) is 1. The van der Waals surface area contributed by atoms with Crippen molar-refractivity contribution in [3.05, 3.63) is 28.7 Å². The molecule has 25 heavy (non-hydrogen) atoms. The lowest BCUT2D eigenvalue weighted by Crippen LogP contribution is -2.38. The molecule has 7 heteroatoms. The van der Waals surface area contributed by atoms with Gasteiger partial charge >= 0.3 is 6.09 Å². The molecule has 1 aromatic heterocycles. The van der Waals surface area contributed by atoms with Crippen molar-refractivity contribution in [3.63, 3.8) is 0 Å². The number of ether oxygens (including phenoxy) is 3. The van der Waals surface area contributed by atoms with E-state index in [-0.39, 0.29) is 17.3 Å². The Morgan fingerprint density at radius 2 is 1.92 bits per heavy atom. The monoisotopic (exact) mass is 350 g/mol. The van der Waals surface area contributed by atoms with E-state index in [4.69, 9.17) is 14.2 Å². The quantitative estimate of drug-likeness (QED) is 0.887. The van der Waals surface area contributed by atoms with E-state index in [0.717, 1.165) is 25.7 Å². The number of aromatic nitrogens is 1. The molecule has 2 fully saturated rings. The Hall–Kier alpha value is -1.86. The van der Waals surface area contributed by atoms with Gasteiger partial charge in [-0.1, -0.05) is 0 Å². The number of hydrogen-bond donors (Lipinski definition) is 1. The molecule has 1 aliphatic heterocycles. The summed E-state index contributed by atoms with van der Waals surface area (Å²) in [5.74, 6) is -0.452. The molecule has 1 amide bonds. The van der Waals surface area contributed by atoms with E-state index in [2.05, 4.69) is 5.32 Å². The number of hydrogen-bond acceptors (Lipinski definition) is 5. The summed E-state index contributed by atoms with van der Waals surface area (Å²) in [6.07, 6.45) is 4.28. The van der Waals surface area contributed by atoms with Crippen LogP contribution in [0.15, 0.2) is 23.1 Å². The van der Waals surface area contributed by atoms with Crippen LogP contribution in [0.4, 0.5) is 10.5 Å². The minimum atomic E-state index is -0.627. The summed E-state index contributed by atoms with van der Waals surface area (Å²) >= 11 is 0. The zero-order valence-corrected chi connectivity index (χ0v) is 15.0. The third-order valence-corrected chi connectivity index (χ3v) is 4.53. The van der Waals surface area contributed by atoms with Crippen LogP contribution >= 0.6 is 0 Å². The molecule has 2 heterocycles. The van der Waals surface area contributed by atoms with Crippen molar-refractivity contribution in [2.24, 2.45) is 0 Å². The summed E-state index contributed by atoms with van der Waals surface area (Å²) in [6.45, 7) is 6.61. The van der Waals surface area contributed by atoms with Gasteiger partial charge in [0.25, 0.3) is 5.56 Å². The molecule has 7 nitrogen and oxygen atoms in total. The predicted octanol–water partition coefficient (Wildman–Crippen LogP) is 3.05. The van der Waals surface area contributed by atoms with Crippen LogP contribution in [0.2, 0.25) is 0 Å². The largest absolute Gasteiger partial charge is 0.444 e. The average Bonchev–Trinajstić information content (AvgIpc) is 2.97. The van der Waals surface area contributed by atoms with E-state index in [9.17, 15) is 9.59 Å². The van der Waals surface area contributed by atoms with Gasteiger partial charge in [-0.15, -0.1) is 0 Å². The molecule has 0 atom stereocenters. The molecule has 2 aliphatic rings. The first-order valence-corrected chi connectivity index (χ1v) is 8.77. The molecule has 0 bridgehead atoms. The van der Waals surface area contributed by atoms with Crippen LogP contribution in [0.1, 0.15) is 52.5 Å². The molecular weight excluding hydrogens is 324 g/mol. The van der Waals surface area contributed by atoms with Crippen LogP contribution in [-0.4, -0.2) is 35.3 Å². The van der Waals surface area contributed by atoms with Gasteiger partial charge in [0.15, 0.2) is 5.79 Å². The number of anilines is 1. The van der Waals surface area contributed by atoms with Gasteiger partial charge in [0.2, 0.25) is 0 Å². The van der Waals surface area contributed by atoms with Gasteiger partial charge in [-0.25, -0.2) is 4.79 Å².